The number of anilines is 1. The van der Waals surface area contributed by atoms with Crippen LogP contribution in [0.25, 0.3) is 0 Å². The Balaban J connectivity index is 1.99. The molecule has 8 heteroatoms. The van der Waals surface area contributed by atoms with E-state index in [1.807, 2.05) is 26.2 Å². The SMILES string of the molecule is CCNc1nnc(C(=O)NC(C)c2nc(C)cs2)s1. The lowest BCUT2D eigenvalue weighted by molar-refractivity contribution is 0.0938. The number of hydrogen-bond acceptors (Lipinski definition) is 7. The van der Waals surface area contributed by atoms with E-state index in [-0.39, 0.29) is 11.9 Å². The average molecular weight is 297 g/mol. The van der Waals surface area contributed by atoms with Gasteiger partial charge >= 0.3 is 0 Å². The second kappa shape index (κ2) is 6.07. The molecule has 1 atom stereocenters. The van der Waals surface area contributed by atoms with E-state index in [2.05, 4.69) is 25.8 Å². The van der Waals surface area contributed by atoms with Crippen molar-refractivity contribution >= 4 is 33.7 Å². The molecule has 2 heterocycles. The number of rotatable bonds is 5. The van der Waals surface area contributed by atoms with Crippen molar-refractivity contribution in [3.63, 3.8) is 0 Å². The topological polar surface area (TPSA) is 79.8 Å². The summed E-state index contributed by atoms with van der Waals surface area (Å²) < 4.78 is 0. The van der Waals surface area contributed by atoms with E-state index in [1.54, 1.807) is 0 Å². The smallest absolute Gasteiger partial charge is 0.282 e. The molecule has 0 bridgehead atoms. The minimum atomic E-state index is -0.220. The van der Waals surface area contributed by atoms with Gasteiger partial charge in [0.2, 0.25) is 10.1 Å². The second-order valence-electron chi connectivity index (χ2n) is 3.96. The Morgan fingerprint density at radius 3 is 2.89 bits per heavy atom. The minimum absolute atomic E-state index is 0.127. The average Bonchev–Trinajstić information content (AvgIpc) is 2.98. The fourth-order valence-electron chi connectivity index (χ4n) is 1.43. The van der Waals surface area contributed by atoms with Crippen LogP contribution in [0.5, 0.6) is 0 Å². The number of aryl methyl sites for hydroxylation is 1. The first kappa shape index (κ1) is 13.9. The quantitative estimate of drug-likeness (QED) is 0.884. The van der Waals surface area contributed by atoms with E-state index in [9.17, 15) is 4.79 Å². The van der Waals surface area contributed by atoms with Gasteiger partial charge in [-0.2, -0.15) is 0 Å². The number of carbonyl (C=O) groups excluding carboxylic acids is 1. The molecule has 2 aromatic rings. The van der Waals surface area contributed by atoms with Crippen molar-refractivity contribution in [2.75, 3.05) is 11.9 Å². The lowest BCUT2D eigenvalue weighted by atomic mass is 10.3. The summed E-state index contributed by atoms with van der Waals surface area (Å²) >= 11 is 2.78. The molecule has 19 heavy (non-hydrogen) atoms. The molecule has 0 aliphatic carbocycles. The van der Waals surface area contributed by atoms with E-state index < -0.39 is 0 Å². The maximum Gasteiger partial charge on any atom is 0.282 e. The highest BCUT2D eigenvalue weighted by Crippen LogP contribution is 2.19. The molecular formula is C11H15N5OS2. The van der Waals surface area contributed by atoms with Crippen molar-refractivity contribution in [3.05, 3.63) is 21.1 Å². The minimum Gasteiger partial charge on any atom is -0.360 e. The first-order valence-corrected chi connectivity index (χ1v) is 7.60. The Labute approximate surface area is 119 Å². The summed E-state index contributed by atoms with van der Waals surface area (Å²) in [7, 11) is 0. The molecule has 0 aromatic carbocycles. The molecule has 102 valence electrons. The molecular weight excluding hydrogens is 282 g/mol. The number of carbonyl (C=O) groups is 1. The van der Waals surface area contributed by atoms with Crippen molar-refractivity contribution in [1.82, 2.24) is 20.5 Å². The fraction of sp³-hybridized carbons (Fsp3) is 0.455. The van der Waals surface area contributed by atoms with Crippen LogP contribution < -0.4 is 10.6 Å². The third-order valence-electron chi connectivity index (χ3n) is 2.30. The van der Waals surface area contributed by atoms with Gasteiger partial charge in [-0.3, -0.25) is 4.79 Å². The fourth-order valence-corrected chi connectivity index (χ4v) is 2.95. The third kappa shape index (κ3) is 3.48. The van der Waals surface area contributed by atoms with E-state index >= 15 is 0 Å². The lowest BCUT2D eigenvalue weighted by Gasteiger charge is -2.08. The van der Waals surface area contributed by atoms with Gasteiger partial charge in [0.1, 0.15) is 5.01 Å². The zero-order valence-electron chi connectivity index (χ0n) is 10.9. The molecule has 0 fully saturated rings. The molecule has 2 aromatic heterocycles. The van der Waals surface area contributed by atoms with Crippen LogP contribution in [0, 0.1) is 6.92 Å². The Morgan fingerprint density at radius 2 is 2.26 bits per heavy atom. The van der Waals surface area contributed by atoms with Gasteiger partial charge in [0.15, 0.2) is 0 Å². The van der Waals surface area contributed by atoms with Crippen LogP contribution >= 0.6 is 22.7 Å². The highest BCUT2D eigenvalue weighted by molar-refractivity contribution is 7.17. The molecule has 2 N–H and O–H groups in total. The van der Waals surface area contributed by atoms with Gasteiger partial charge < -0.3 is 10.6 Å². The highest BCUT2D eigenvalue weighted by Gasteiger charge is 2.17. The first-order chi connectivity index (χ1) is 9.10. The summed E-state index contributed by atoms with van der Waals surface area (Å²) in [5, 5.41) is 17.5. The third-order valence-corrected chi connectivity index (χ3v) is 4.33. The van der Waals surface area contributed by atoms with Crippen LogP contribution in [-0.2, 0) is 0 Å². The predicted molar refractivity (Wildman–Crippen MR) is 76.8 cm³/mol. The number of nitrogens with one attached hydrogen (secondary N) is 2. The van der Waals surface area contributed by atoms with Crippen molar-refractivity contribution in [1.29, 1.82) is 0 Å². The molecule has 6 nitrogen and oxygen atoms in total. The van der Waals surface area contributed by atoms with Crippen LogP contribution in [0.15, 0.2) is 5.38 Å². The molecule has 0 radical (unpaired) electrons. The van der Waals surface area contributed by atoms with Crippen molar-refractivity contribution < 1.29 is 4.79 Å². The molecule has 0 aliphatic heterocycles. The Morgan fingerprint density at radius 1 is 1.47 bits per heavy atom. The van der Waals surface area contributed by atoms with Gasteiger partial charge in [0.25, 0.3) is 5.91 Å². The molecule has 0 spiro atoms. The van der Waals surface area contributed by atoms with Gasteiger partial charge in [-0.05, 0) is 20.8 Å². The molecule has 2 rings (SSSR count). The van der Waals surface area contributed by atoms with Gasteiger partial charge in [-0.1, -0.05) is 11.3 Å². The van der Waals surface area contributed by atoms with Gasteiger partial charge in [-0.25, -0.2) is 4.98 Å². The second-order valence-corrected chi connectivity index (χ2v) is 5.83. The van der Waals surface area contributed by atoms with Gasteiger partial charge in [-0.15, -0.1) is 21.5 Å². The number of hydrogen-bond donors (Lipinski definition) is 2. The molecule has 0 saturated carbocycles. The van der Waals surface area contributed by atoms with E-state index in [0.29, 0.717) is 10.1 Å². The zero-order chi connectivity index (χ0) is 13.8. The van der Waals surface area contributed by atoms with Gasteiger partial charge in [0.05, 0.1) is 6.04 Å². The summed E-state index contributed by atoms with van der Waals surface area (Å²) in [5.74, 6) is -0.220. The summed E-state index contributed by atoms with van der Waals surface area (Å²) in [6.07, 6.45) is 0. The van der Waals surface area contributed by atoms with Crippen LogP contribution in [0.3, 0.4) is 0 Å². The summed E-state index contributed by atoms with van der Waals surface area (Å²) in [5.41, 5.74) is 0.964. The number of thiazole rings is 1. The van der Waals surface area contributed by atoms with Crippen LogP contribution in [0.4, 0.5) is 5.13 Å². The molecule has 1 amide bonds. The Bertz CT molecular complexity index is 565. The summed E-state index contributed by atoms with van der Waals surface area (Å²) in [6, 6.07) is -0.127. The largest absolute Gasteiger partial charge is 0.360 e. The monoisotopic (exact) mass is 297 g/mol. The molecule has 0 saturated heterocycles. The summed E-state index contributed by atoms with van der Waals surface area (Å²) in [6.45, 7) is 6.56. The standard InChI is InChI=1S/C11H15N5OS2/c1-4-12-11-16-15-10(19-11)8(17)14-7(3)9-13-6(2)5-18-9/h5,7H,4H2,1-3H3,(H,12,16)(H,14,17). The Hall–Kier alpha value is -1.54. The van der Waals surface area contributed by atoms with Crippen molar-refractivity contribution in [3.8, 4) is 0 Å². The predicted octanol–water partition coefficient (Wildman–Crippen LogP) is 2.23. The van der Waals surface area contributed by atoms with Crippen molar-refractivity contribution in [2.45, 2.75) is 26.8 Å². The highest BCUT2D eigenvalue weighted by atomic mass is 32.1. The van der Waals surface area contributed by atoms with E-state index in [4.69, 9.17) is 0 Å². The normalized spacial score (nSPS) is 12.2. The van der Waals surface area contributed by atoms with E-state index in [1.165, 1.54) is 22.7 Å². The maximum atomic E-state index is 12.0. The molecule has 1 unspecified atom stereocenters. The number of amides is 1. The van der Waals surface area contributed by atoms with Gasteiger partial charge in [0, 0.05) is 17.6 Å². The van der Waals surface area contributed by atoms with Crippen LogP contribution in [-0.4, -0.2) is 27.6 Å². The number of aromatic nitrogens is 3. The molecule has 0 aliphatic rings. The maximum absolute atomic E-state index is 12.0. The summed E-state index contributed by atoms with van der Waals surface area (Å²) in [4.78, 5) is 16.3. The first-order valence-electron chi connectivity index (χ1n) is 5.90. The Kier molecular flexibility index (Phi) is 4.43. The van der Waals surface area contributed by atoms with Crippen molar-refractivity contribution in [2.24, 2.45) is 0 Å². The van der Waals surface area contributed by atoms with Crippen LogP contribution in [0.1, 0.15) is 40.4 Å². The lowest BCUT2D eigenvalue weighted by Crippen LogP contribution is -2.26. The number of nitrogens with zero attached hydrogens (tertiary/aromatic N) is 3. The zero-order valence-corrected chi connectivity index (χ0v) is 12.6. The van der Waals surface area contributed by atoms with E-state index in [0.717, 1.165) is 17.2 Å². The van der Waals surface area contributed by atoms with Crippen LogP contribution in [0.2, 0.25) is 0 Å².